The molecule has 0 bridgehead atoms. The molecule has 0 saturated carbocycles. The molecule has 0 radical (unpaired) electrons. The summed E-state index contributed by atoms with van der Waals surface area (Å²) >= 11 is 0. The molecule has 1 aromatic carbocycles. The van der Waals surface area contributed by atoms with E-state index in [2.05, 4.69) is 26.1 Å². The molecule has 23 heavy (non-hydrogen) atoms. The lowest BCUT2D eigenvalue weighted by Gasteiger charge is -2.32. The molecule has 1 N–H and O–H groups in total. The van der Waals surface area contributed by atoms with Gasteiger partial charge in [-0.2, -0.15) is 0 Å². The summed E-state index contributed by atoms with van der Waals surface area (Å²) < 4.78 is 11.5. The molecule has 1 heterocycles. The largest absolute Gasteiger partial charge is 0.491 e. The van der Waals surface area contributed by atoms with Crippen LogP contribution >= 0.6 is 0 Å². The van der Waals surface area contributed by atoms with Crippen LogP contribution < -0.4 is 10.1 Å². The van der Waals surface area contributed by atoms with Crippen LogP contribution in [0.15, 0.2) is 18.2 Å². The van der Waals surface area contributed by atoms with Gasteiger partial charge < -0.3 is 14.8 Å². The smallest absolute Gasteiger partial charge is 0.249 e. The van der Waals surface area contributed by atoms with Gasteiger partial charge in [0, 0.05) is 6.61 Å². The molecule has 1 aliphatic rings. The van der Waals surface area contributed by atoms with E-state index in [0.717, 1.165) is 29.7 Å². The zero-order valence-electron chi connectivity index (χ0n) is 14.9. The summed E-state index contributed by atoms with van der Waals surface area (Å²) in [7, 11) is 0. The molecule has 0 spiro atoms. The van der Waals surface area contributed by atoms with E-state index in [9.17, 15) is 4.79 Å². The van der Waals surface area contributed by atoms with Crippen LogP contribution in [0, 0.1) is 19.3 Å². The van der Waals surface area contributed by atoms with Crippen LogP contribution in [0.3, 0.4) is 0 Å². The van der Waals surface area contributed by atoms with Crippen molar-refractivity contribution in [3.8, 4) is 5.75 Å². The zero-order chi connectivity index (χ0) is 17.0. The molecular weight excluding hydrogens is 290 g/mol. The Kier molecular flexibility index (Phi) is 5.69. The zero-order valence-corrected chi connectivity index (χ0v) is 14.9. The first kappa shape index (κ1) is 17.8. The summed E-state index contributed by atoms with van der Waals surface area (Å²) in [5, 5.41) is 3.12. The van der Waals surface area contributed by atoms with E-state index in [4.69, 9.17) is 9.47 Å². The van der Waals surface area contributed by atoms with Gasteiger partial charge in [-0.15, -0.1) is 0 Å². The molecule has 0 aliphatic carbocycles. The van der Waals surface area contributed by atoms with Crippen molar-refractivity contribution in [3.63, 3.8) is 0 Å². The average Bonchev–Trinajstić information content (AvgIpc) is 2.98. The minimum Gasteiger partial charge on any atom is -0.491 e. The van der Waals surface area contributed by atoms with E-state index in [1.807, 2.05) is 32.0 Å². The summed E-state index contributed by atoms with van der Waals surface area (Å²) in [4.78, 5) is 12.4. The maximum absolute atomic E-state index is 12.4. The predicted octanol–water partition coefficient (Wildman–Crippen LogP) is 3.39. The van der Waals surface area contributed by atoms with Crippen LogP contribution in [0.2, 0.25) is 0 Å². The first-order chi connectivity index (χ1) is 10.8. The summed E-state index contributed by atoms with van der Waals surface area (Å²) in [6.45, 7) is 11.5. The normalized spacial score (nSPS) is 19.4. The second-order valence-corrected chi connectivity index (χ2v) is 7.46. The lowest BCUT2D eigenvalue weighted by Crippen LogP contribution is -2.50. The third kappa shape index (κ3) is 4.71. The molecular formula is C19H29NO3. The van der Waals surface area contributed by atoms with Gasteiger partial charge in [-0.05, 0) is 43.2 Å². The molecule has 1 fully saturated rings. The highest BCUT2D eigenvalue weighted by atomic mass is 16.5. The number of rotatable bonds is 5. The maximum atomic E-state index is 12.4. The number of carbonyl (C=O) groups is 1. The van der Waals surface area contributed by atoms with Crippen molar-refractivity contribution in [1.29, 1.82) is 0 Å². The monoisotopic (exact) mass is 319 g/mol. The molecule has 2 atom stereocenters. The van der Waals surface area contributed by atoms with Gasteiger partial charge in [0.25, 0.3) is 0 Å². The van der Waals surface area contributed by atoms with E-state index in [0.29, 0.717) is 13.2 Å². The minimum absolute atomic E-state index is 0.0208. The fraction of sp³-hybridized carbons (Fsp3) is 0.632. The Balaban J connectivity index is 2.03. The lowest BCUT2D eigenvalue weighted by atomic mass is 9.87. The third-order valence-corrected chi connectivity index (χ3v) is 4.39. The van der Waals surface area contributed by atoms with Crippen LogP contribution in [-0.2, 0) is 9.53 Å². The van der Waals surface area contributed by atoms with Gasteiger partial charge in [0.2, 0.25) is 5.91 Å². The number of benzene rings is 1. The molecule has 4 nitrogen and oxygen atoms in total. The van der Waals surface area contributed by atoms with Gasteiger partial charge in [0.1, 0.15) is 18.5 Å². The van der Waals surface area contributed by atoms with Crippen molar-refractivity contribution in [2.75, 3.05) is 13.2 Å². The maximum Gasteiger partial charge on any atom is 0.249 e. The van der Waals surface area contributed by atoms with Crippen LogP contribution in [0.25, 0.3) is 0 Å². The topological polar surface area (TPSA) is 47.6 Å². The van der Waals surface area contributed by atoms with Crippen molar-refractivity contribution >= 4 is 5.91 Å². The summed E-state index contributed by atoms with van der Waals surface area (Å²) in [6, 6.07) is 6.04. The molecule has 1 amide bonds. The first-order valence-corrected chi connectivity index (χ1v) is 8.40. The number of nitrogens with one attached hydrogen (secondary N) is 1. The Labute approximate surface area is 139 Å². The van der Waals surface area contributed by atoms with Gasteiger partial charge >= 0.3 is 0 Å². The first-order valence-electron chi connectivity index (χ1n) is 8.40. The molecule has 0 aromatic heterocycles. The van der Waals surface area contributed by atoms with Crippen LogP contribution in [0.4, 0.5) is 0 Å². The van der Waals surface area contributed by atoms with Gasteiger partial charge in [-0.3, -0.25) is 4.79 Å². The number of hydrogen-bond acceptors (Lipinski definition) is 3. The highest BCUT2D eigenvalue weighted by Gasteiger charge is 2.31. The van der Waals surface area contributed by atoms with E-state index in [-0.39, 0.29) is 23.5 Å². The molecule has 1 aliphatic heterocycles. The third-order valence-electron chi connectivity index (χ3n) is 4.39. The van der Waals surface area contributed by atoms with Crippen molar-refractivity contribution in [2.24, 2.45) is 5.41 Å². The van der Waals surface area contributed by atoms with Gasteiger partial charge in [-0.1, -0.05) is 39.0 Å². The Bertz CT molecular complexity index is 522. The van der Waals surface area contributed by atoms with Crippen LogP contribution in [-0.4, -0.2) is 31.3 Å². The van der Waals surface area contributed by atoms with E-state index >= 15 is 0 Å². The molecule has 2 unspecified atom stereocenters. The van der Waals surface area contributed by atoms with Crippen LogP contribution in [0.1, 0.15) is 44.7 Å². The number of aryl methyl sites for hydroxylation is 2. The Morgan fingerprint density at radius 1 is 1.35 bits per heavy atom. The summed E-state index contributed by atoms with van der Waals surface area (Å²) in [5.41, 5.74) is 2.14. The Morgan fingerprint density at radius 3 is 2.52 bits per heavy atom. The number of amides is 1. The van der Waals surface area contributed by atoms with Gasteiger partial charge in [0.15, 0.2) is 0 Å². The molecule has 1 saturated heterocycles. The SMILES string of the molecule is Cc1cccc(C)c1OCC(NC(=O)C1CCCO1)C(C)(C)C. The van der Waals surface area contributed by atoms with Crippen LogP contribution in [0.5, 0.6) is 5.75 Å². The number of hydrogen-bond donors (Lipinski definition) is 1. The minimum atomic E-state index is -0.306. The number of ether oxygens (including phenoxy) is 2. The Hall–Kier alpha value is -1.55. The molecule has 1 aromatic rings. The van der Waals surface area contributed by atoms with Crippen molar-refractivity contribution in [3.05, 3.63) is 29.3 Å². The second kappa shape index (κ2) is 7.35. The van der Waals surface area contributed by atoms with Crippen molar-refractivity contribution in [2.45, 2.75) is 59.6 Å². The van der Waals surface area contributed by atoms with Crippen molar-refractivity contribution < 1.29 is 14.3 Å². The Morgan fingerprint density at radius 2 is 2.00 bits per heavy atom. The standard InChI is InChI=1S/C19H29NO3/c1-13-8-6-9-14(2)17(13)23-12-16(19(3,4)5)20-18(21)15-10-7-11-22-15/h6,8-9,15-16H,7,10-12H2,1-5H3,(H,20,21). The fourth-order valence-corrected chi connectivity index (χ4v) is 2.75. The van der Waals surface area contributed by atoms with Gasteiger partial charge in [-0.25, -0.2) is 0 Å². The average molecular weight is 319 g/mol. The summed E-state index contributed by atoms with van der Waals surface area (Å²) in [5.74, 6) is 0.889. The predicted molar refractivity (Wildman–Crippen MR) is 91.8 cm³/mol. The highest BCUT2D eigenvalue weighted by molar-refractivity contribution is 5.81. The van der Waals surface area contributed by atoms with E-state index in [1.54, 1.807) is 0 Å². The number of para-hydroxylation sites is 1. The lowest BCUT2D eigenvalue weighted by molar-refractivity contribution is -0.131. The van der Waals surface area contributed by atoms with Crippen molar-refractivity contribution in [1.82, 2.24) is 5.32 Å². The summed E-state index contributed by atoms with van der Waals surface area (Å²) in [6.07, 6.45) is 1.46. The van der Waals surface area contributed by atoms with E-state index < -0.39 is 0 Å². The molecule has 4 heteroatoms. The molecule has 2 rings (SSSR count). The second-order valence-electron chi connectivity index (χ2n) is 7.46. The van der Waals surface area contributed by atoms with Gasteiger partial charge in [0.05, 0.1) is 6.04 Å². The fourth-order valence-electron chi connectivity index (χ4n) is 2.75. The quantitative estimate of drug-likeness (QED) is 0.905. The highest BCUT2D eigenvalue weighted by Crippen LogP contribution is 2.25. The molecule has 128 valence electrons. The van der Waals surface area contributed by atoms with E-state index in [1.165, 1.54) is 0 Å². The number of carbonyl (C=O) groups excluding carboxylic acids is 1.